The van der Waals surface area contributed by atoms with Gasteiger partial charge in [0.25, 0.3) is 0 Å². The number of hydrogen-bond acceptors (Lipinski definition) is 1. The number of rotatable bonds is 1. The number of halogens is 1. The third-order valence-corrected chi connectivity index (χ3v) is 3.98. The molecule has 100 valence electrons. The normalized spacial score (nSPS) is 26.3. The van der Waals surface area contributed by atoms with Crippen LogP contribution in [0.1, 0.15) is 52.1 Å². The molecule has 0 aromatic heterocycles. The summed E-state index contributed by atoms with van der Waals surface area (Å²) in [5, 5.41) is 0. The van der Waals surface area contributed by atoms with E-state index in [2.05, 4.69) is 32.6 Å². The van der Waals surface area contributed by atoms with E-state index in [1.54, 1.807) is 12.1 Å². The van der Waals surface area contributed by atoms with Crippen LogP contribution in [0.25, 0.3) is 0 Å². The molecule has 0 radical (unpaired) electrons. The molecule has 2 atom stereocenters. The Labute approximate surface area is 110 Å². The van der Waals surface area contributed by atoms with E-state index in [9.17, 15) is 4.39 Å². The maximum absolute atomic E-state index is 13.0. The molecule has 0 aliphatic carbocycles. The first-order valence-corrected chi connectivity index (χ1v) is 6.90. The quantitative estimate of drug-likeness (QED) is 0.713. The van der Waals surface area contributed by atoms with Gasteiger partial charge in [0.2, 0.25) is 0 Å². The second-order valence-electron chi connectivity index (χ2n) is 6.56. The van der Waals surface area contributed by atoms with Crippen LogP contribution in [0.3, 0.4) is 0 Å². The molecule has 2 rings (SSSR count). The fourth-order valence-electron chi connectivity index (χ4n) is 2.95. The molecule has 1 fully saturated rings. The van der Waals surface area contributed by atoms with E-state index in [1.165, 1.54) is 18.4 Å². The van der Waals surface area contributed by atoms with Crippen LogP contribution in [0.5, 0.6) is 0 Å². The molecule has 1 heterocycles. The van der Waals surface area contributed by atoms with Crippen molar-refractivity contribution in [3.63, 3.8) is 0 Å². The Morgan fingerprint density at radius 2 is 1.78 bits per heavy atom. The molecule has 2 heteroatoms. The molecule has 0 amide bonds. The van der Waals surface area contributed by atoms with E-state index in [0.717, 1.165) is 12.5 Å². The van der Waals surface area contributed by atoms with Crippen molar-refractivity contribution >= 4 is 0 Å². The van der Waals surface area contributed by atoms with Gasteiger partial charge in [-0.25, -0.2) is 4.39 Å². The lowest BCUT2D eigenvalue weighted by atomic mass is 9.85. The van der Waals surface area contributed by atoms with Gasteiger partial charge in [-0.2, -0.15) is 0 Å². The molecule has 1 aliphatic heterocycles. The highest BCUT2D eigenvalue weighted by atomic mass is 19.1. The fourth-order valence-corrected chi connectivity index (χ4v) is 2.95. The van der Waals surface area contributed by atoms with Crippen molar-refractivity contribution in [2.45, 2.75) is 52.1 Å². The van der Waals surface area contributed by atoms with Gasteiger partial charge in [0.15, 0.2) is 0 Å². The monoisotopic (exact) mass is 249 g/mol. The van der Waals surface area contributed by atoms with Crippen LogP contribution in [0.15, 0.2) is 24.3 Å². The minimum atomic E-state index is -0.148. The van der Waals surface area contributed by atoms with Gasteiger partial charge in [-0.1, -0.05) is 19.1 Å². The lowest BCUT2D eigenvalue weighted by molar-refractivity contribution is 0.0326. The van der Waals surface area contributed by atoms with E-state index >= 15 is 0 Å². The van der Waals surface area contributed by atoms with E-state index in [-0.39, 0.29) is 11.4 Å². The first kappa shape index (κ1) is 13.5. The molecule has 0 unspecified atom stereocenters. The highest BCUT2D eigenvalue weighted by molar-refractivity contribution is 5.21. The summed E-state index contributed by atoms with van der Waals surface area (Å²) < 4.78 is 13.0. The average molecular weight is 249 g/mol. The lowest BCUT2D eigenvalue weighted by Gasteiger charge is -2.46. The van der Waals surface area contributed by atoms with Crippen LogP contribution in [-0.2, 0) is 0 Å². The summed E-state index contributed by atoms with van der Waals surface area (Å²) in [6, 6.07) is 7.47. The first-order valence-electron chi connectivity index (χ1n) is 6.90. The van der Waals surface area contributed by atoms with Gasteiger partial charge >= 0.3 is 0 Å². The third kappa shape index (κ3) is 2.92. The summed E-state index contributed by atoms with van der Waals surface area (Å²) in [6.45, 7) is 10.2. The van der Waals surface area contributed by atoms with Gasteiger partial charge in [0, 0.05) is 11.6 Å². The van der Waals surface area contributed by atoms with Gasteiger partial charge < -0.3 is 0 Å². The van der Waals surface area contributed by atoms with Crippen molar-refractivity contribution in [3.8, 4) is 0 Å². The standard InChI is InChI=1S/C16H24FN/c1-12-9-10-18(16(2,3)4)15(11-12)13-5-7-14(17)8-6-13/h5-8,12,15H,9-11H2,1-4H3/t12-,15+/m0/s1. The number of nitrogens with zero attached hydrogens (tertiary/aromatic N) is 1. The van der Waals surface area contributed by atoms with Gasteiger partial charge in [-0.05, 0) is 63.8 Å². The van der Waals surface area contributed by atoms with Crippen LogP contribution in [0, 0.1) is 11.7 Å². The highest BCUT2D eigenvalue weighted by Gasteiger charge is 2.34. The molecule has 0 spiro atoms. The fraction of sp³-hybridized carbons (Fsp3) is 0.625. The molecule has 0 saturated carbocycles. The second kappa shape index (κ2) is 5.00. The number of hydrogen-bond donors (Lipinski definition) is 0. The predicted molar refractivity (Wildman–Crippen MR) is 74.0 cm³/mol. The van der Waals surface area contributed by atoms with Crippen LogP contribution >= 0.6 is 0 Å². The SMILES string of the molecule is C[C@H]1CCN(C(C)(C)C)[C@@H](c2ccc(F)cc2)C1. The third-order valence-electron chi connectivity index (χ3n) is 3.98. The summed E-state index contributed by atoms with van der Waals surface area (Å²) in [5.74, 6) is 0.601. The Balaban J connectivity index is 2.28. The summed E-state index contributed by atoms with van der Waals surface area (Å²) >= 11 is 0. The van der Waals surface area contributed by atoms with Crippen molar-refractivity contribution in [3.05, 3.63) is 35.6 Å². The molecule has 1 saturated heterocycles. The molecular formula is C16H24FN. The van der Waals surface area contributed by atoms with Crippen LogP contribution in [0.2, 0.25) is 0 Å². The topological polar surface area (TPSA) is 3.24 Å². The van der Waals surface area contributed by atoms with Crippen molar-refractivity contribution in [1.82, 2.24) is 4.90 Å². The minimum Gasteiger partial charge on any atom is -0.291 e. The van der Waals surface area contributed by atoms with Crippen LogP contribution in [0.4, 0.5) is 4.39 Å². The van der Waals surface area contributed by atoms with E-state index in [0.29, 0.717) is 6.04 Å². The zero-order chi connectivity index (χ0) is 13.3. The van der Waals surface area contributed by atoms with Crippen LogP contribution < -0.4 is 0 Å². The Hall–Kier alpha value is -0.890. The molecular weight excluding hydrogens is 225 g/mol. The van der Waals surface area contributed by atoms with Crippen LogP contribution in [-0.4, -0.2) is 17.0 Å². The molecule has 0 bridgehead atoms. The minimum absolute atomic E-state index is 0.148. The second-order valence-corrected chi connectivity index (χ2v) is 6.56. The lowest BCUT2D eigenvalue weighted by Crippen LogP contribution is -2.47. The number of benzene rings is 1. The Morgan fingerprint density at radius 1 is 1.17 bits per heavy atom. The number of piperidine rings is 1. The van der Waals surface area contributed by atoms with Gasteiger partial charge in [0.1, 0.15) is 5.82 Å². The van der Waals surface area contributed by atoms with Crippen molar-refractivity contribution < 1.29 is 4.39 Å². The van der Waals surface area contributed by atoms with Crippen molar-refractivity contribution in [2.24, 2.45) is 5.92 Å². The van der Waals surface area contributed by atoms with Crippen molar-refractivity contribution in [2.75, 3.05) is 6.54 Å². The molecule has 1 aromatic carbocycles. The zero-order valence-electron chi connectivity index (χ0n) is 11.9. The molecule has 1 nitrogen and oxygen atoms in total. The average Bonchev–Trinajstić information content (AvgIpc) is 2.28. The van der Waals surface area contributed by atoms with E-state index in [4.69, 9.17) is 0 Å². The maximum Gasteiger partial charge on any atom is 0.123 e. The Bertz CT molecular complexity index is 391. The highest BCUT2D eigenvalue weighted by Crippen LogP contribution is 2.38. The summed E-state index contributed by atoms with van der Waals surface area (Å²) in [5.41, 5.74) is 1.41. The molecule has 1 aromatic rings. The molecule has 0 N–H and O–H groups in total. The zero-order valence-corrected chi connectivity index (χ0v) is 11.9. The van der Waals surface area contributed by atoms with E-state index in [1.807, 2.05) is 12.1 Å². The first-order chi connectivity index (χ1) is 8.38. The number of likely N-dealkylation sites (tertiary alicyclic amines) is 1. The smallest absolute Gasteiger partial charge is 0.123 e. The van der Waals surface area contributed by atoms with Gasteiger partial charge in [0.05, 0.1) is 0 Å². The largest absolute Gasteiger partial charge is 0.291 e. The Kier molecular flexibility index (Phi) is 3.76. The van der Waals surface area contributed by atoms with E-state index < -0.39 is 0 Å². The summed E-state index contributed by atoms with van der Waals surface area (Å²) in [4.78, 5) is 2.56. The maximum atomic E-state index is 13.0. The Morgan fingerprint density at radius 3 is 2.33 bits per heavy atom. The van der Waals surface area contributed by atoms with Gasteiger partial charge in [-0.3, -0.25) is 4.90 Å². The van der Waals surface area contributed by atoms with Crippen molar-refractivity contribution in [1.29, 1.82) is 0 Å². The predicted octanol–water partition coefficient (Wildman–Crippen LogP) is 4.40. The molecule has 1 aliphatic rings. The summed E-state index contributed by atoms with van der Waals surface area (Å²) in [7, 11) is 0. The summed E-state index contributed by atoms with van der Waals surface area (Å²) in [6.07, 6.45) is 2.43. The molecule has 18 heavy (non-hydrogen) atoms. The van der Waals surface area contributed by atoms with Gasteiger partial charge in [-0.15, -0.1) is 0 Å².